The summed E-state index contributed by atoms with van der Waals surface area (Å²) in [6, 6.07) is 10.2. The molecule has 1 aliphatic heterocycles. The first-order valence-electron chi connectivity index (χ1n) is 6.30. The van der Waals surface area contributed by atoms with Crippen LogP contribution in [-0.4, -0.2) is 11.9 Å². The van der Waals surface area contributed by atoms with Crippen molar-refractivity contribution in [2.45, 2.75) is 19.4 Å². The molecular formula is C16H12ClFO2. The third kappa shape index (κ3) is 2.18. The van der Waals surface area contributed by atoms with Gasteiger partial charge in [0.25, 0.3) is 0 Å². The molecule has 0 bridgehead atoms. The monoisotopic (exact) mass is 290 g/mol. The van der Waals surface area contributed by atoms with E-state index in [0.717, 1.165) is 11.3 Å². The van der Waals surface area contributed by atoms with Gasteiger partial charge >= 0.3 is 0 Å². The standard InChI is InChI=1S/C16H12ClFO2/c1-9-6-11(12(17)8-13(9)18)16(19)15-7-10-4-2-3-5-14(10)20-15/h2-6,8,15H,7H2,1H3. The summed E-state index contributed by atoms with van der Waals surface area (Å²) in [7, 11) is 0. The van der Waals surface area contributed by atoms with Gasteiger partial charge in [-0.25, -0.2) is 4.39 Å². The van der Waals surface area contributed by atoms with E-state index < -0.39 is 11.9 Å². The number of carbonyl (C=O) groups excluding carboxylic acids is 1. The third-order valence-corrected chi connectivity index (χ3v) is 3.77. The Morgan fingerprint density at radius 3 is 2.85 bits per heavy atom. The maximum absolute atomic E-state index is 13.4. The van der Waals surface area contributed by atoms with Crippen molar-refractivity contribution in [1.29, 1.82) is 0 Å². The molecule has 1 aliphatic rings. The summed E-state index contributed by atoms with van der Waals surface area (Å²) in [5, 5.41) is 0.123. The predicted molar refractivity (Wildman–Crippen MR) is 75.0 cm³/mol. The van der Waals surface area contributed by atoms with Crippen LogP contribution in [0.3, 0.4) is 0 Å². The molecule has 2 nitrogen and oxygen atoms in total. The Balaban J connectivity index is 1.90. The van der Waals surface area contributed by atoms with Gasteiger partial charge in [0, 0.05) is 12.0 Å². The highest BCUT2D eigenvalue weighted by molar-refractivity contribution is 6.34. The van der Waals surface area contributed by atoms with Crippen LogP contribution in [0.1, 0.15) is 21.5 Å². The normalized spacial score (nSPS) is 16.6. The molecule has 0 saturated carbocycles. The Morgan fingerprint density at radius 1 is 1.35 bits per heavy atom. The number of halogens is 2. The van der Waals surface area contributed by atoms with Crippen LogP contribution in [0.4, 0.5) is 4.39 Å². The van der Waals surface area contributed by atoms with Crippen molar-refractivity contribution in [3.05, 3.63) is 63.9 Å². The second-order valence-corrected chi connectivity index (χ2v) is 5.27. The van der Waals surface area contributed by atoms with Crippen LogP contribution < -0.4 is 4.74 Å². The molecule has 0 radical (unpaired) electrons. The van der Waals surface area contributed by atoms with Crippen LogP contribution in [0.2, 0.25) is 5.02 Å². The Hall–Kier alpha value is -1.87. The zero-order chi connectivity index (χ0) is 14.3. The minimum absolute atomic E-state index is 0.123. The molecule has 4 heteroatoms. The number of ether oxygens (including phenoxy) is 1. The molecule has 20 heavy (non-hydrogen) atoms. The number of hydrogen-bond donors (Lipinski definition) is 0. The average Bonchev–Trinajstić information content (AvgIpc) is 2.86. The first-order valence-corrected chi connectivity index (χ1v) is 6.68. The van der Waals surface area contributed by atoms with E-state index in [9.17, 15) is 9.18 Å². The molecule has 0 spiro atoms. The number of aryl methyl sites for hydroxylation is 1. The fourth-order valence-electron chi connectivity index (χ4n) is 2.35. The molecule has 0 amide bonds. The smallest absolute Gasteiger partial charge is 0.205 e. The summed E-state index contributed by atoms with van der Waals surface area (Å²) in [4.78, 5) is 12.5. The number of fused-ring (bicyclic) bond motifs is 1. The molecular weight excluding hydrogens is 279 g/mol. The molecule has 0 saturated heterocycles. The van der Waals surface area contributed by atoms with Gasteiger partial charge < -0.3 is 4.74 Å². The molecule has 0 fully saturated rings. The number of carbonyl (C=O) groups is 1. The molecule has 102 valence electrons. The highest BCUT2D eigenvalue weighted by Crippen LogP contribution is 2.31. The summed E-state index contributed by atoms with van der Waals surface area (Å²) < 4.78 is 19.0. The summed E-state index contributed by atoms with van der Waals surface area (Å²) >= 11 is 5.97. The minimum Gasteiger partial charge on any atom is -0.482 e. The topological polar surface area (TPSA) is 26.3 Å². The van der Waals surface area contributed by atoms with Gasteiger partial charge in [-0.3, -0.25) is 4.79 Å². The molecule has 0 aliphatic carbocycles. The van der Waals surface area contributed by atoms with E-state index in [-0.39, 0.29) is 10.8 Å². The summed E-state index contributed by atoms with van der Waals surface area (Å²) in [6.45, 7) is 1.60. The van der Waals surface area contributed by atoms with Crippen molar-refractivity contribution < 1.29 is 13.9 Å². The van der Waals surface area contributed by atoms with Crippen LogP contribution in [-0.2, 0) is 6.42 Å². The summed E-state index contributed by atoms with van der Waals surface area (Å²) in [5.41, 5.74) is 1.71. The van der Waals surface area contributed by atoms with Crippen molar-refractivity contribution in [1.82, 2.24) is 0 Å². The highest BCUT2D eigenvalue weighted by Gasteiger charge is 2.30. The zero-order valence-electron chi connectivity index (χ0n) is 10.8. The second kappa shape index (κ2) is 4.91. The van der Waals surface area contributed by atoms with Gasteiger partial charge in [-0.2, -0.15) is 0 Å². The van der Waals surface area contributed by atoms with E-state index in [0.29, 0.717) is 17.5 Å². The van der Waals surface area contributed by atoms with E-state index in [1.54, 1.807) is 6.92 Å². The van der Waals surface area contributed by atoms with Crippen LogP contribution >= 0.6 is 11.6 Å². The number of Topliss-reactive ketones (excluding diaryl/α,β-unsaturated/α-hetero) is 1. The number of hydrogen-bond acceptors (Lipinski definition) is 2. The van der Waals surface area contributed by atoms with E-state index in [4.69, 9.17) is 16.3 Å². The van der Waals surface area contributed by atoms with Gasteiger partial charge in [0.1, 0.15) is 11.6 Å². The van der Waals surface area contributed by atoms with Crippen molar-refractivity contribution in [2.24, 2.45) is 0 Å². The van der Waals surface area contributed by atoms with Crippen molar-refractivity contribution in [2.75, 3.05) is 0 Å². The van der Waals surface area contributed by atoms with Gasteiger partial charge in [-0.1, -0.05) is 29.8 Å². The first kappa shape index (κ1) is 13.1. The van der Waals surface area contributed by atoms with Crippen molar-refractivity contribution >= 4 is 17.4 Å². The van der Waals surface area contributed by atoms with Gasteiger partial charge in [0.05, 0.1) is 5.02 Å². The third-order valence-electron chi connectivity index (χ3n) is 3.45. The van der Waals surface area contributed by atoms with E-state index in [2.05, 4.69) is 0 Å². The van der Waals surface area contributed by atoms with Crippen LogP contribution in [0.15, 0.2) is 36.4 Å². The van der Waals surface area contributed by atoms with Crippen LogP contribution in [0, 0.1) is 12.7 Å². The average molecular weight is 291 g/mol. The predicted octanol–water partition coefficient (Wildman–Crippen LogP) is 3.97. The molecule has 0 N–H and O–H groups in total. The second-order valence-electron chi connectivity index (χ2n) is 4.86. The molecule has 1 heterocycles. The number of benzene rings is 2. The Morgan fingerprint density at radius 2 is 2.10 bits per heavy atom. The lowest BCUT2D eigenvalue weighted by molar-refractivity contribution is 0.0825. The number of ketones is 1. The van der Waals surface area contributed by atoms with E-state index in [1.165, 1.54) is 12.1 Å². The van der Waals surface area contributed by atoms with Crippen LogP contribution in [0.25, 0.3) is 0 Å². The molecule has 2 aromatic carbocycles. The van der Waals surface area contributed by atoms with Gasteiger partial charge in [0.2, 0.25) is 5.78 Å². The van der Waals surface area contributed by atoms with E-state index in [1.807, 2.05) is 24.3 Å². The SMILES string of the molecule is Cc1cc(C(=O)C2Cc3ccccc3O2)c(Cl)cc1F. The fraction of sp³-hybridized carbons (Fsp3) is 0.188. The van der Waals surface area contributed by atoms with Crippen molar-refractivity contribution in [3.63, 3.8) is 0 Å². The molecule has 3 rings (SSSR count). The lowest BCUT2D eigenvalue weighted by atomic mass is 10.0. The largest absolute Gasteiger partial charge is 0.482 e. The Bertz CT molecular complexity index is 672. The zero-order valence-corrected chi connectivity index (χ0v) is 11.6. The van der Waals surface area contributed by atoms with Gasteiger partial charge in [-0.05, 0) is 36.2 Å². The molecule has 1 unspecified atom stereocenters. The quantitative estimate of drug-likeness (QED) is 0.782. The molecule has 0 aromatic heterocycles. The van der Waals surface area contributed by atoms with Crippen molar-refractivity contribution in [3.8, 4) is 5.75 Å². The Labute approximate surface area is 121 Å². The van der Waals surface area contributed by atoms with Gasteiger partial charge in [0.15, 0.2) is 6.10 Å². The lowest BCUT2D eigenvalue weighted by Gasteiger charge is -2.11. The van der Waals surface area contributed by atoms with Gasteiger partial charge in [-0.15, -0.1) is 0 Å². The first-order chi connectivity index (χ1) is 9.56. The number of para-hydroxylation sites is 1. The Kier molecular flexibility index (Phi) is 3.22. The summed E-state index contributed by atoms with van der Waals surface area (Å²) in [5.74, 6) is 0.0947. The summed E-state index contributed by atoms with van der Waals surface area (Å²) in [6.07, 6.45) is -0.0725. The number of rotatable bonds is 2. The maximum Gasteiger partial charge on any atom is 0.205 e. The highest BCUT2D eigenvalue weighted by atomic mass is 35.5. The lowest BCUT2D eigenvalue weighted by Crippen LogP contribution is -2.25. The van der Waals surface area contributed by atoms with Crippen LogP contribution in [0.5, 0.6) is 5.75 Å². The maximum atomic E-state index is 13.4. The van der Waals surface area contributed by atoms with E-state index >= 15 is 0 Å². The fourth-order valence-corrected chi connectivity index (χ4v) is 2.59. The molecule has 2 aromatic rings. The minimum atomic E-state index is -0.588. The molecule has 1 atom stereocenters.